The first-order valence-electron chi connectivity index (χ1n) is 6.27. The second-order valence-electron chi connectivity index (χ2n) is 4.55. The van der Waals surface area contributed by atoms with Gasteiger partial charge in [0.05, 0.1) is 7.11 Å². The van der Waals surface area contributed by atoms with Gasteiger partial charge < -0.3 is 10.1 Å². The number of aryl methyl sites for hydroxylation is 1. The lowest BCUT2D eigenvalue weighted by molar-refractivity contribution is 0.406. The zero-order chi connectivity index (χ0) is 13.7. The minimum atomic E-state index is -0.242. The molecule has 2 rings (SSSR count). The summed E-state index contributed by atoms with van der Waals surface area (Å²) in [6, 6.07) is 12.9. The Morgan fingerprint density at radius 1 is 1.11 bits per heavy atom. The van der Waals surface area contributed by atoms with Gasteiger partial charge in [-0.25, -0.2) is 4.39 Å². The van der Waals surface area contributed by atoms with E-state index in [-0.39, 0.29) is 5.82 Å². The average molecular weight is 259 g/mol. The van der Waals surface area contributed by atoms with Gasteiger partial charge in [0.2, 0.25) is 0 Å². The summed E-state index contributed by atoms with van der Waals surface area (Å²) in [5.74, 6) is 0.464. The molecule has 0 amide bonds. The Kier molecular flexibility index (Phi) is 4.53. The second-order valence-corrected chi connectivity index (χ2v) is 4.55. The van der Waals surface area contributed by atoms with E-state index in [9.17, 15) is 4.39 Å². The van der Waals surface area contributed by atoms with E-state index in [1.54, 1.807) is 13.2 Å². The molecule has 0 bridgehead atoms. The summed E-state index contributed by atoms with van der Waals surface area (Å²) in [4.78, 5) is 0. The number of methoxy groups -OCH3 is 1. The topological polar surface area (TPSA) is 21.3 Å². The van der Waals surface area contributed by atoms with E-state index in [1.165, 1.54) is 23.3 Å². The van der Waals surface area contributed by atoms with Crippen LogP contribution in [-0.4, -0.2) is 7.11 Å². The molecule has 2 aromatic rings. The van der Waals surface area contributed by atoms with Gasteiger partial charge in [-0.05, 0) is 30.7 Å². The summed E-state index contributed by atoms with van der Waals surface area (Å²) in [5.41, 5.74) is 3.29. The lowest BCUT2D eigenvalue weighted by Crippen LogP contribution is -2.13. The number of nitrogens with one attached hydrogen (secondary N) is 1. The van der Waals surface area contributed by atoms with Crippen molar-refractivity contribution < 1.29 is 9.13 Å². The average Bonchev–Trinajstić information content (AvgIpc) is 2.39. The van der Waals surface area contributed by atoms with Gasteiger partial charge in [0.25, 0.3) is 0 Å². The van der Waals surface area contributed by atoms with Crippen LogP contribution in [0.5, 0.6) is 5.75 Å². The van der Waals surface area contributed by atoms with Gasteiger partial charge in [-0.2, -0.15) is 0 Å². The van der Waals surface area contributed by atoms with Crippen molar-refractivity contribution in [3.05, 3.63) is 65.0 Å². The van der Waals surface area contributed by atoms with E-state index in [2.05, 4.69) is 30.4 Å². The molecule has 2 aromatic carbocycles. The van der Waals surface area contributed by atoms with Crippen LogP contribution in [0.4, 0.5) is 4.39 Å². The van der Waals surface area contributed by atoms with E-state index in [0.717, 1.165) is 12.1 Å². The molecule has 19 heavy (non-hydrogen) atoms. The Labute approximate surface area is 113 Å². The van der Waals surface area contributed by atoms with Crippen LogP contribution in [0.25, 0.3) is 0 Å². The van der Waals surface area contributed by atoms with Gasteiger partial charge in [0, 0.05) is 18.7 Å². The van der Waals surface area contributed by atoms with E-state index < -0.39 is 0 Å². The van der Waals surface area contributed by atoms with Crippen molar-refractivity contribution in [2.45, 2.75) is 20.0 Å². The summed E-state index contributed by atoms with van der Waals surface area (Å²) < 4.78 is 18.4. The monoisotopic (exact) mass is 259 g/mol. The Morgan fingerprint density at radius 2 is 1.95 bits per heavy atom. The van der Waals surface area contributed by atoms with E-state index in [0.29, 0.717) is 12.3 Å². The molecule has 0 saturated heterocycles. The zero-order valence-electron chi connectivity index (χ0n) is 11.2. The van der Waals surface area contributed by atoms with Gasteiger partial charge in [-0.1, -0.05) is 29.8 Å². The van der Waals surface area contributed by atoms with E-state index >= 15 is 0 Å². The van der Waals surface area contributed by atoms with Gasteiger partial charge in [0.15, 0.2) is 0 Å². The molecule has 100 valence electrons. The predicted octanol–water partition coefficient (Wildman–Crippen LogP) is 3.43. The molecule has 0 spiro atoms. The lowest BCUT2D eigenvalue weighted by Gasteiger charge is -2.10. The second kappa shape index (κ2) is 6.34. The Bertz CT molecular complexity index is 554. The van der Waals surface area contributed by atoms with Gasteiger partial charge in [-0.3, -0.25) is 0 Å². The largest absolute Gasteiger partial charge is 0.496 e. The fourth-order valence-electron chi connectivity index (χ4n) is 2.05. The van der Waals surface area contributed by atoms with Gasteiger partial charge >= 0.3 is 0 Å². The van der Waals surface area contributed by atoms with Crippen LogP contribution < -0.4 is 10.1 Å². The molecule has 0 saturated carbocycles. The first kappa shape index (κ1) is 13.6. The van der Waals surface area contributed by atoms with Crippen molar-refractivity contribution in [3.63, 3.8) is 0 Å². The zero-order valence-corrected chi connectivity index (χ0v) is 11.2. The summed E-state index contributed by atoms with van der Waals surface area (Å²) >= 11 is 0. The van der Waals surface area contributed by atoms with Crippen LogP contribution in [0.1, 0.15) is 16.7 Å². The molecular weight excluding hydrogens is 241 g/mol. The van der Waals surface area contributed by atoms with Crippen molar-refractivity contribution >= 4 is 0 Å². The number of rotatable bonds is 5. The van der Waals surface area contributed by atoms with E-state index in [1.807, 2.05) is 6.07 Å². The standard InChI is InChI=1S/C16H18FNO/c1-12-4-3-5-13(8-12)10-18-11-14-9-15(17)6-7-16(14)19-2/h3-9,18H,10-11H2,1-2H3. The molecule has 0 aromatic heterocycles. The molecule has 0 aliphatic rings. The highest BCUT2D eigenvalue weighted by atomic mass is 19.1. The highest BCUT2D eigenvalue weighted by Gasteiger charge is 2.04. The van der Waals surface area contributed by atoms with Crippen LogP contribution in [0.2, 0.25) is 0 Å². The first-order valence-corrected chi connectivity index (χ1v) is 6.27. The molecule has 1 N–H and O–H groups in total. The van der Waals surface area contributed by atoms with Crippen LogP contribution in [-0.2, 0) is 13.1 Å². The molecular formula is C16H18FNO. The number of benzene rings is 2. The van der Waals surface area contributed by atoms with E-state index in [4.69, 9.17) is 4.74 Å². The van der Waals surface area contributed by atoms with Gasteiger partial charge in [-0.15, -0.1) is 0 Å². The fraction of sp³-hybridized carbons (Fsp3) is 0.250. The number of hydrogen-bond acceptors (Lipinski definition) is 2. The summed E-state index contributed by atoms with van der Waals surface area (Å²) in [5, 5.41) is 3.30. The fourth-order valence-corrected chi connectivity index (χ4v) is 2.05. The molecule has 0 fully saturated rings. The lowest BCUT2D eigenvalue weighted by atomic mass is 10.1. The SMILES string of the molecule is COc1ccc(F)cc1CNCc1cccc(C)c1. The molecule has 0 heterocycles. The van der Waals surface area contributed by atoms with Gasteiger partial charge in [0.1, 0.15) is 11.6 Å². The summed E-state index contributed by atoms with van der Waals surface area (Å²) in [7, 11) is 1.59. The maximum atomic E-state index is 13.2. The summed E-state index contributed by atoms with van der Waals surface area (Å²) in [6.45, 7) is 3.40. The highest BCUT2D eigenvalue weighted by Crippen LogP contribution is 2.19. The maximum Gasteiger partial charge on any atom is 0.123 e. The van der Waals surface area contributed by atoms with Crippen LogP contribution in [0.15, 0.2) is 42.5 Å². The van der Waals surface area contributed by atoms with Crippen molar-refractivity contribution in [3.8, 4) is 5.75 Å². The molecule has 0 aliphatic carbocycles. The highest BCUT2D eigenvalue weighted by molar-refractivity contribution is 5.34. The summed E-state index contributed by atoms with van der Waals surface area (Å²) in [6.07, 6.45) is 0. The van der Waals surface area contributed by atoms with Crippen molar-refractivity contribution in [1.82, 2.24) is 5.32 Å². The van der Waals surface area contributed by atoms with Crippen LogP contribution in [0.3, 0.4) is 0 Å². The predicted molar refractivity (Wildman–Crippen MR) is 74.7 cm³/mol. The number of ether oxygens (including phenoxy) is 1. The molecule has 0 atom stereocenters. The minimum Gasteiger partial charge on any atom is -0.496 e. The Balaban J connectivity index is 1.97. The number of hydrogen-bond donors (Lipinski definition) is 1. The Morgan fingerprint density at radius 3 is 2.68 bits per heavy atom. The first-order chi connectivity index (χ1) is 9.19. The minimum absolute atomic E-state index is 0.242. The third-order valence-corrected chi connectivity index (χ3v) is 2.97. The molecule has 0 unspecified atom stereocenters. The van der Waals surface area contributed by atoms with Crippen molar-refractivity contribution in [1.29, 1.82) is 0 Å². The third-order valence-electron chi connectivity index (χ3n) is 2.97. The van der Waals surface area contributed by atoms with Crippen LogP contribution >= 0.6 is 0 Å². The third kappa shape index (κ3) is 3.80. The number of halogens is 1. The normalized spacial score (nSPS) is 10.5. The molecule has 0 aliphatic heterocycles. The Hall–Kier alpha value is -1.87. The smallest absolute Gasteiger partial charge is 0.123 e. The van der Waals surface area contributed by atoms with Crippen LogP contribution in [0, 0.1) is 12.7 Å². The van der Waals surface area contributed by atoms with Crippen molar-refractivity contribution in [2.24, 2.45) is 0 Å². The molecule has 2 nitrogen and oxygen atoms in total. The quantitative estimate of drug-likeness (QED) is 0.888. The maximum absolute atomic E-state index is 13.2. The van der Waals surface area contributed by atoms with Crippen molar-refractivity contribution in [2.75, 3.05) is 7.11 Å². The molecule has 3 heteroatoms. The molecule has 0 radical (unpaired) electrons.